The van der Waals surface area contributed by atoms with Crippen molar-refractivity contribution in [2.45, 2.75) is 39.1 Å². The lowest BCUT2D eigenvalue weighted by Gasteiger charge is -2.23. The Morgan fingerprint density at radius 1 is 1.50 bits per heavy atom. The van der Waals surface area contributed by atoms with Gasteiger partial charge in [-0.3, -0.25) is 10.1 Å². The van der Waals surface area contributed by atoms with E-state index in [1.807, 2.05) is 6.07 Å². The first kappa shape index (κ1) is 13.0. The van der Waals surface area contributed by atoms with Gasteiger partial charge >= 0.3 is 0 Å². The standard InChI is InChI=1S/C13H17NO4/c1-10-11(5-4-6-12(10)14(15)16)9-18-13-7-2-3-8-17-13/h4-6,13H,2-3,7-9H2,1H3. The highest BCUT2D eigenvalue weighted by Crippen LogP contribution is 2.23. The first-order valence-electron chi connectivity index (χ1n) is 6.14. The molecule has 2 rings (SSSR count). The van der Waals surface area contributed by atoms with E-state index in [4.69, 9.17) is 9.47 Å². The third kappa shape index (κ3) is 3.05. The van der Waals surface area contributed by atoms with Gasteiger partial charge in [-0.2, -0.15) is 0 Å². The van der Waals surface area contributed by atoms with E-state index in [1.54, 1.807) is 13.0 Å². The highest BCUT2D eigenvalue weighted by Gasteiger charge is 2.17. The molecule has 1 fully saturated rings. The smallest absolute Gasteiger partial charge is 0.272 e. The molecular formula is C13H17NO4. The van der Waals surface area contributed by atoms with Crippen molar-refractivity contribution in [2.75, 3.05) is 6.61 Å². The highest BCUT2D eigenvalue weighted by molar-refractivity contribution is 5.44. The van der Waals surface area contributed by atoms with E-state index in [2.05, 4.69) is 0 Å². The van der Waals surface area contributed by atoms with Gasteiger partial charge < -0.3 is 9.47 Å². The van der Waals surface area contributed by atoms with E-state index >= 15 is 0 Å². The van der Waals surface area contributed by atoms with E-state index in [1.165, 1.54) is 6.07 Å². The molecule has 0 amide bonds. The molecule has 5 nitrogen and oxygen atoms in total. The minimum atomic E-state index is -0.365. The van der Waals surface area contributed by atoms with Crippen molar-refractivity contribution in [3.05, 3.63) is 39.4 Å². The summed E-state index contributed by atoms with van der Waals surface area (Å²) in [5.41, 5.74) is 1.65. The topological polar surface area (TPSA) is 61.6 Å². The SMILES string of the molecule is Cc1c(COC2CCCCO2)cccc1[N+](=O)[O-]. The second kappa shape index (κ2) is 5.93. The van der Waals surface area contributed by atoms with Crippen LogP contribution in [0.15, 0.2) is 18.2 Å². The molecule has 1 aromatic rings. The lowest BCUT2D eigenvalue weighted by Crippen LogP contribution is -2.22. The molecule has 0 spiro atoms. The van der Waals surface area contributed by atoms with Crippen molar-refractivity contribution >= 4 is 5.69 Å². The Hall–Kier alpha value is -1.46. The van der Waals surface area contributed by atoms with Crippen molar-refractivity contribution in [2.24, 2.45) is 0 Å². The van der Waals surface area contributed by atoms with Gasteiger partial charge in [0.25, 0.3) is 5.69 Å². The monoisotopic (exact) mass is 251 g/mol. The highest BCUT2D eigenvalue weighted by atomic mass is 16.7. The summed E-state index contributed by atoms with van der Waals surface area (Å²) in [6.45, 7) is 2.84. The Labute approximate surface area is 106 Å². The minimum absolute atomic E-state index is 0.140. The summed E-state index contributed by atoms with van der Waals surface area (Å²) in [6, 6.07) is 5.05. The molecule has 1 heterocycles. The van der Waals surface area contributed by atoms with Gasteiger partial charge in [0.15, 0.2) is 6.29 Å². The van der Waals surface area contributed by atoms with Gasteiger partial charge in [0, 0.05) is 18.2 Å². The summed E-state index contributed by atoms with van der Waals surface area (Å²) in [4.78, 5) is 10.5. The average molecular weight is 251 g/mol. The zero-order valence-corrected chi connectivity index (χ0v) is 10.4. The van der Waals surface area contributed by atoms with Gasteiger partial charge in [-0.1, -0.05) is 12.1 Å². The molecule has 1 aliphatic heterocycles. The summed E-state index contributed by atoms with van der Waals surface area (Å²) < 4.78 is 11.1. The Morgan fingerprint density at radius 2 is 2.33 bits per heavy atom. The number of nitro groups is 1. The van der Waals surface area contributed by atoms with E-state index in [-0.39, 0.29) is 16.9 Å². The fourth-order valence-corrected chi connectivity index (χ4v) is 2.05. The summed E-state index contributed by atoms with van der Waals surface area (Å²) >= 11 is 0. The third-order valence-electron chi connectivity index (χ3n) is 3.18. The lowest BCUT2D eigenvalue weighted by atomic mass is 10.1. The van der Waals surface area contributed by atoms with Crippen molar-refractivity contribution in [1.29, 1.82) is 0 Å². The maximum Gasteiger partial charge on any atom is 0.272 e. The fraction of sp³-hybridized carbons (Fsp3) is 0.538. The molecule has 0 aliphatic carbocycles. The van der Waals surface area contributed by atoms with Crippen LogP contribution in [0.1, 0.15) is 30.4 Å². The third-order valence-corrected chi connectivity index (χ3v) is 3.18. The van der Waals surface area contributed by atoms with Gasteiger partial charge in [-0.25, -0.2) is 0 Å². The van der Waals surface area contributed by atoms with E-state index in [0.717, 1.165) is 31.4 Å². The molecule has 0 bridgehead atoms. The molecule has 1 aliphatic rings. The van der Waals surface area contributed by atoms with Crippen LogP contribution in [0.5, 0.6) is 0 Å². The van der Waals surface area contributed by atoms with Crippen LogP contribution in [-0.2, 0) is 16.1 Å². The molecule has 5 heteroatoms. The van der Waals surface area contributed by atoms with Crippen molar-refractivity contribution < 1.29 is 14.4 Å². The number of benzene rings is 1. The molecule has 98 valence electrons. The number of nitro benzene ring substituents is 1. The summed E-state index contributed by atoms with van der Waals surface area (Å²) in [5, 5.41) is 10.8. The van der Waals surface area contributed by atoms with Gasteiger partial charge in [0.05, 0.1) is 11.5 Å². The van der Waals surface area contributed by atoms with Crippen LogP contribution in [0.3, 0.4) is 0 Å². The number of rotatable bonds is 4. The molecule has 1 atom stereocenters. The lowest BCUT2D eigenvalue weighted by molar-refractivity contribution is -0.385. The molecule has 0 radical (unpaired) electrons. The molecule has 1 unspecified atom stereocenters. The minimum Gasteiger partial charge on any atom is -0.353 e. The van der Waals surface area contributed by atoms with Crippen molar-refractivity contribution in [3.63, 3.8) is 0 Å². The van der Waals surface area contributed by atoms with Gasteiger partial charge in [0.2, 0.25) is 0 Å². The van der Waals surface area contributed by atoms with Crippen LogP contribution in [0, 0.1) is 17.0 Å². The predicted octanol–water partition coefficient (Wildman–Crippen LogP) is 2.95. The molecule has 0 aromatic heterocycles. The van der Waals surface area contributed by atoms with E-state index < -0.39 is 0 Å². The zero-order chi connectivity index (χ0) is 13.0. The number of hydrogen-bond acceptors (Lipinski definition) is 4. The van der Waals surface area contributed by atoms with Crippen LogP contribution in [-0.4, -0.2) is 17.8 Å². The van der Waals surface area contributed by atoms with Gasteiger partial charge in [-0.05, 0) is 31.7 Å². The maximum absolute atomic E-state index is 10.8. The van der Waals surface area contributed by atoms with Crippen molar-refractivity contribution in [1.82, 2.24) is 0 Å². The molecule has 0 saturated carbocycles. The number of nitrogens with zero attached hydrogens (tertiary/aromatic N) is 1. The zero-order valence-electron chi connectivity index (χ0n) is 10.4. The second-order valence-electron chi connectivity index (χ2n) is 4.43. The predicted molar refractivity (Wildman–Crippen MR) is 66.2 cm³/mol. The van der Waals surface area contributed by atoms with Crippen LogP contribution in [0.4, 0.5) is 5.69 Å². The van der Waals surface area contributed by atoms with Crippen LogP contribution in [0.2, 0.25) is 0 Å². The molecule has 18 heavy (non-hydrogen) atoms. The van der Waals surface area contributed by atoms with Crippen LogP contribution < -0.4 is 0 Å². The Kier molecular flexibility index (Phi) is 4.28. The normalized spacial score (nSPS) is 19.7. The average Bonchev–Trinajstić information content (AvgIpc) is 2.38. The van der Waals surface area contributed by atoms with E-state index in [0.29, 0.717) is 12.2 Å². The van der Waals surface area contributed by atoms with Crippen molar-refractivity contribution in [3.8, 4) is 0 Å². The molecule has 1 aromatic carbocycles. The Morgan fingerprint density at radius 3 is 3.00 bits per heavy atom. The van der Waals surface area contributed by atoms with E-state index in [9.17, 15) is 10.1 Å². The van der Waals surface area contributed by atoms with Crippen LogP contribution in [0.25, 0.3) is 0 Å². The van der Waals surface area contributed by atoms with Gasteiger partial charge in [-0.15, -0.1) is 0 Å². The first-order chi connectivity index (χ1) is 8.68. The Balaban J connectivity index is 2.00. The Bertz CT molecular complexity index is 427. The quantitative estimate of drug-likeness (QED) is 0.609. The number of hydrogen-bond donors (Lipinski definition) is 0. The summed E-state index contributed by atoms with van der Waals surface area (Å²) in [7, 11) is 0. The summed E-state index contributed by atoms with van der Waals surface area (Å²) in [6.07, 6.45) is 2.92. The number of ether oxygens (including phenoxy) is 2. The fourth-order valence-electron chi connectivity index (χ4n) is 2.05. The molecular weight excluding hydrogens is 234 g/mol. The summed E-state index contributed by atoms with van der Waals surface area (Å²) in [5.74, 6) is 0. The first-order valence-corrected chi connectivity index (χ1v) is 6.14. The molecule has 1 saturated heterocycles. The van der Waals surface area contributed by atoms with Crippen LogP contribution >= 0.6 is 0 Å². The van der Waals surface area contributed by atoms with Gasteiger partial charge in [0.1, 0.15) is 0 Å². The largest absolute Gasteiger partial charge is 0.353 e. The molecule has 0 N–H and O–H groups in total. The second-order valence-corrected chi connectivity index (χ2v) is 4.43. The maximum atomic E-state index is 10.8.